The lowest BCUT2D eigenvalue weighted by Crippen LogP contribution is -2.33. The van der Waals surface area contributed by atoms with Crippen LogP contribution in [-0.4, -0.2) is 24.1 Å². The number of pyridine rings is 1. The van der Waals surface area contributed by atoms with Crippen LogP contribution in [0.3, 0.4) is 0 Å². The second-order valence-corrected chi connectivity index (χ2v) is 5.10. The Hall–Kier alpha value is -1.25. The summed E-state index contributed by atoms with van der Waals surface area (Å²) in [5.74, 6) is 2.97. The van der Waals surface area contributed by atoms with Crippen LogP contribution >= 0.6 is 0 Å². The second-order valence-electron chi connectivity index (χ2n) is 5.10. The zero-order chi connectivity index (χ0) is 12.3. The summed E-state index contributed by atoms with van der Waals surface area (Å²) in [5, 5.41) is 3.27. The predicted molar refractivity (Wildman–Crippen MR) is 73.6 cm³/mol. The van der Waals surface area contributed by atoms with Gasteiger partial charge in [0.1, 0.15) is 11.6 Å². The van der Waals surface area contributed by atoms with Gasteiger partial charge in [-0.15, -0.1) is 0 Å². The maximum atomic E-state index is 4.68. The summed E-state index contributed by atoms with van der Waals surface area (Å²) in [6.07, 6.45) is 2.77. The van der Waals surface area contributed by atoms with Gasteiger partial charge in [0.25, 0.3) is 0 Å². The lowest BCUT2D eigenvalue weighted by Gasteiger charge is -2.28. The number of hydrogen-bond donors (Lipinski definition) is 1. The van der Waals surface area contributed by atoms with E-state index in [2.05, 4.69) is 48.1 Å². The Bertz CT molecular complexity index is 358. The molecule has 0 amide bonds. The molecule has 1 heterocycles. The molecule has 0 radical (unpaired) electrons. The average molecular weight is 233 g/mol. The molecular weight excluding hydrogens is 210 g/mol. The highest BCUT2D eigenvalue weighted by molar-refractivity contribution is 5.47. The van der Waals surface area contributed by atoms with Crippen molar-refractivity contribution in [1.29, 1.82) is 0 Å². The van der Waals surface area contributed by atoms with Crippen molar-refractivity contribution < 1.29 is 0 Å². The fraction of sp³-hybridized carbons (Fsp3) is 0.643. The molecule has 1 saturated carbocycles. The van der Waals surface area contributed by atoms with E-state index < -0.39 is 0 Å². The largest absolute Gasteiger partial charge is 0.370 e. The van der Waals surface area contributed by atoms with Crippen LogP contribution in [0, 0.1) is 5.92 Å². The number of rotatable bonds is 6. The maximum absolute atomic E-state index is 4.68. The fourth-order valence-corrected chi connectivity index (χ4v) is 2.01. The van der Waals surface area contributed by atoms with Gasteiger partial charge in [-0.2, -0.15) is 0 Å². The summed E-state index contributed by atoms with van der Waals surface area (Å²) in [6, 6.07) is 6.74. The van der Waals surface area contributed by atoms with Crippen LogP contribution in [-0.2, 0) is 0 Å². The van der Waals surface area contributed by atoms with Gasteiger partial charge in [-0.05, 0) is 51.7 Å². The first kappa shape index (κ1) is 12.2. The minimum atomic E-state index is 0.514. The molecule has 0 aliphatic heterocycles. The average Bonchev–Trinajstić information content (AvgIpc) is 3.10. The standard InChI is InChI=1S/C14H23N3/c1-4-15-13-6-5-7-14(16-13)17(11(2)3)10-12-8-9-12/h5-7,11-12H,4,8-10H2,1-3H3,(H,15,16). The summed E-state index contributed by atoms with van der Waals surface area (Å²) < 4.78 is 0. The van der Waals surface area contributed by atoms with E-state index in [1.54, 1.807) is 0 Å². The first-order valence-corrected chi connectivity index (χ1v) is 6.68. The molecule has 1 aliphatic rings. The molecule has 0 bridgehead atoms. The number of nitrogens with zero attached hydrogens (tertiary/aromatic N) is 2. The number of hydrogen-bond acceptors (Lipinski definition) is 3. The number of nitrogens with one attached hydrogen (secondary N) is 1. The summed E-state index contributed by atoms with van der Waals surface area (Å²) in [4.78, 5) is 7.09. The van der Waals surface area contributed by atoms with Gasteiger partial charge in [-0.3, -0.25) is 0 Å². The van der Waals surface area contributed by atoms with Crippen LogP contribution in [0.15, 0.2) is 18.2 Å². The number of aromatic nitrogens is 1. The van der Waals surface area contributed by atoms with Crippen LogP contribution < -0.4 is 10.2 Å². The lowest BCUT2D eigenvalue weighted by atomic mass is 10.2. The topological polar surface area (TPSA) is 28.2 Å². The van der Waals surface area contributed by atoms with Crippen molar-refractivity contribution in [2.24, 2.45) is 5.92 Å². The van der Waals surface area contributed by atoms with E-state index in [9.17, 15) is 0 Å². The van der Waals surface area contributed by atoms with Gasteiger partial charge in [0.05, 0.1) is 0 Å². The molecule has 0 saturated heterocycles. The molecule has 0 unspecified atom stereocenters. The molecule has 17 heavy (non-hydrogen) atoms. The monoisotopic (exact) mass is 233 g/mol. The SMILES string of the molecule is CCNc1cccc(N(CC2CC2)C(C)C)n1. The quantitative estimate of drug-likeness (QED) is 0.818. The highest BCUT2D eigenvalue weighted by Gasteiger charge is 2.26. The molecule has 1 aromatic heterocycles. The van der Waals surface area contributed by atoms with E-state index in [0.717, 1.165) is 30.6 Å². The minimum Gasteiger partial charge on any atom is -0.370 e. The summed E-state index contributed by atoms with van der Waals surface area (Å²) in [7, 11) is 0. The Kier molecular flexibility index (Phi) is 3.87. The highest BCUT2D eigenvalue weighted by atomic mass is 15.2. The molecule has 3 nitrogen and oxygen atoms in total. The van der Waals surface area contributed by atoms with Crippen LogP contribution in [0.2, 0.25) is 0 Å². The maximum Gasteiger partial charge on any atom is 0.131 e. The van der Waals surface area contributed by atoms with Gasteiger partial charge >= 0.3 is 0 Å². The zero-order valence-corrected chi connectivity index (χ0v) is 11.1. The Morgan fingerprint density at radius 3 is 2.76 bits per heavy atom. The van der Waals surface area contributed by atoms with Gasteiger partial charge in [0.15, 0.2) is 0 Å². The Balaban J connectivity index is 2.12. The van der Waals surface area contributed by atoms with Crippen molar-refractivity contribution in [1.82, 2.24) is 4.98 Å². The molecule has 1 N–H and O–H groups in total. The highest BCUT2D eigenvalue weighted by Crippen LogP contribution is 2.32. The first-order valence-electron chi connectivity index (χ1n) is 6.68. The molecule has 1 fully saturated rings. The molecule has 1 aliphatic carbocycles. The van der Waals surface area contributed by atoms with E-state index in [0.29, 0.717) is 6.04 Å². The normalized spacial score (nSPS) is 15.1. The van der Waals surface area contributed by atoms with Crippen LogP contribution in [0.5, 0.6) is 0 Å². The summed E-state index contributed by atoms with van der Waals surface area (Å²) in [5.41, 5.74) is 0. The molecule has 1 aromatic rings. The van der Waals surface area contributed by atoms with Gasteiger partial charge in [-0.25, -0.2) is 4.98 Å². The molecule has 2 rings (SSSR count). The van der Waals surface area contributed by atoms with Gasteiger partial charge in [0.2, 0.25) is 0 Å². The molecule has 0 spiro atoms. The van der Waals surface area contributed by atoms with Crippen molar-refractivity contribution in [2.45, 2.75) is 39.7 Å². The van der Waals surface area contributed by atoms with Crippen molar-refractivity contribution in [3.8, 4) is 0 Å². The van der Waals surface area contributed by atoms with Crippen molar-refractivity contribution >= 4 is 11.6 Å². The minimum absolute atomic E-state index is 0.514. The number of anilines is 2. The Morgan fingerprint density at radius 1 is 1.41 bits per heavy atom. The van der Waals surface area contributed by atoms with Gasteiger partial charge < -0.3 is 10.2 Å². The van der Waals surface area contributed by atoms with E-state index in [-0.39, 0.29) is 0 Å². The fourth-order valence-electron chi connectivity index (χ4n) is 2.01. The third-order valence-electron chi connectivity index (χ3n) is 3.16. The third-order valence-corrected chi connectivity index (χ3v) is 3.16. The first-order chi connectivity index (χ1) is 8.20. The van der Waals surface area contributed by atoms with Crippen LogP contribution in [0.4, 0.5) is 11.6 Å². The van der Waals surface area contributed by atoms with E-state index in [1.165, 1.54) is 12.8 Å². The van der Waals surface area contributed by atoms with Gasteiger partial charge in [-0.1, -0.05) is 6.07 Å². The lowest BCUT2D eigenvalue weighted by molar-refractivity contribution is 0.637. The van der Waals surface area contributed by atoms with E-state index in [1.807, 2.05) is 6.07 Å². The van der Waals surface area contributed by atoms with Crippen molar-refractivity contribution in [3.05, 3.63) is 18.2 Å². The molecule has 94 valence electrons. The molecule has 0 atom stereocenters. The zero-order valence-electron chi connectivity index (χ0n) is 11.1. The summed E-state index contributed by atoms with van der Waals surface area (Å²) >= 11 is 0. The molecular formula is C14H23N3. The Labute approximate surface area is 104 Å². The smallest absolute Gasteiger partial charge is 0.131 e. The third kappa shape index (κ3) is 3.35. The van der Waals surface area contributed by atoms with E-state index in [4.69, 9.17) is 0 Å². The Morgan fingerprint density at radius 2 is 2.18 bits per heavy atom. The molecule has 3 heteroatoms. The summed E-state index contributed by atoms with van der Waals surface area (Å²) in [6.45, 7) is 8.65. The van der Waals surface area contributed by atoms with Crippen LogP contribution in [0.25, 0.3) is 0 Å². The van der Waals surface area contributed by atoms with E-state index >= 15 is 0 Å². The van der Waals surface area contributed by atoms with Gasteiger partial charge in [0, 0.05) is 19.1 Å². The second kappa shape index (κ2) is 5.39. The van der Waals surface area contributed by atoms with Crippen molar-refractivity contribution in [3.63, 3.8) is 0 Å². The van der Waals surface area contributed by atoms with Crippen molar-refractivity contribution in [2.75, 3.05) is 23.3 Å². The van der Waals surface area contributed by atoms with Crippen LogP contribution in [0.1, 0.15) is 33.6 Å². The molecule has 0 aromatic carbocycles. The predicted octanol–water partition coefficient (Wildman–Crippen LogP) is 3.14.